The average Bonchev–Trinajstić information content (AvgIpc) is 3.05. The van der Waals surface area contributed by atoms with Gasteiger partial charge in [-0.2, -0.15) is 0 Å². The Morgan fingerprint density at radius 2 is 1.17 bits per heavy atom. The van der Waals surface area contributed by atoms with E-state index in [1.165, 1.54) is 5.56 Å². The van der Waals surface area contributed by atoms with Crippen LogP contribution in [0.25, 0.3) is 0 Å². The van der Waals surface area contributed by atoms with Crippen LogP contribution in [-0.2, 0) is 52.9 Å². The molecule has 13 nitrogen and oxygen atoms in total. The molecule has 0 heterocycles. The van der Waals surface area contributed by atoms with Crippen molar-refractivity contribution >= 4 is 39.1 Å². The number of amides is 2. The van der Waals surface area contributed by atoms with Crippen molar-refractivity contribution in [3.05, 3.63) is 29.3 Å². The minimum Gasteiger partial charge on any atom is -0.378 e. The molecule has 4 N–H and O–H groups in total. The van der Waals surface area contributed by atoms with Gasteiger partial charge in [-0.05, 0) is 35.8 Å². The Labute approximate surface area is 295 Å². The molecule has 0 saturated carbocycles. The van der Waals surface area contributed by atoms with Crippen LogP contribution in [0.5, 0.6) is 0 Å². The van der Waals surface area contributed by atoms with Crippen LogP contribution in [0.3, 0.4) is 0 Å². The number of carbonyl (C=O) groups excluding carboxylic acids is 2. The Balaban J connectivity index is 1.96. The maximum absolute atomic E-state index is 12.5. The van der Waals surface area contributed by atoms with E-state index in [0.29, 0.717) is 99.0 Å². The van der Waals surface area contributed by atoms with Crippen LogP contribution in [0, 0.1) is 0 Å². The fraction of sp³-hybridized carbons (Fsp3) is 0.758. The molecule has 1 aromatic carbocycles. The van der Waals surface area contributed by atoms with E-state index in [-0.39, 0.29) is 42.3 Å². The highest BCUT2D eigenvalue weighted by Crippen LogP contribution is 2.40. The quantitative estimate of drug-likeness (QED) is 0.0759. The molecule has 1 atom stereocenters. The van der Waals surface area contributed by atoms with Gasteiger partial charge in [0.1, 0.15) is 13.2 Å². The van der Waals surface area contributed by atoms with Crippen LogP contribution in [-0.4, -0.2) is 137 Å². The van der Waals surface area contributed by atoms with Crippen LogP contribution in [0.1, 0.15) is 44.1 Å². The summed E-state index contributed by atoms with van der Waals surface area (Å²) in [7, 11) is 3.46. The number of rotatable bonds is 31. The number of carbonyl (C=O) groups is 2. The lowest BCUT2D eigenvalue weighted by molar-refractivity contribution is -0.126. The second-order valence-electron chi connectivity index (χ2n) is 11.4. The number of hydrogen-bond donors (Lipinski definition) is 3. The minimum atomic E-state index is -0.236. The van der Waals surface area contributed by atoms with Gasteiger partial charge in [-0.1, -0.05) is 54.5 Å². The minimum absolute atomic E-state index is 0.0171. The summed E-state index contributed by atoms with van der Waals surface area (Å²) < 4.78 is 43.1. The molecule has 0 aliphatic heterocycles. The van der Waals surface area contributed by atoms with Crippen molar-refractivity contribution in [2.75, 3.05) is 130 Å². The smallest absolute Gasteiger partial charge is 0.250 e. The highest BCUT2D eigenvalue weighted by molar-refractivity contribution is 8.76. The Hall–Kier alpha value is -1.50. The number of hydrogen-bond acceptors (Lipinski definition) is 13. The fourth-order valence-corrected chi connectivity index (χ4v) is 5.67. The van der Waals surface area contributed by atoms with Crippen LogP contribution < -0.4 is 16.4 Å². The number of benzene rings is 1. The molecule has 1 rings (SSSR count). The number of ether oxygens (including phenoxy) is 8. The summed E-state index contributed by atoms with van der Waals surface area (Å²) in [5, 5.41) is 5.94. The Morgan fingerprint density at radius 3 is 1.65 bits per heavy atom. The molecular weight excluding hydrogens is 663 g/mol. The predicted molar refractivity (Wildman–Crippen MR) is 192 cm³/mol. The third-order valence-corrected chi connectivity index (χ3v) is 8.58. The van der Waals surface area contributed by atoms with E-state index >= 15 is 0 Å². The van der Waals surface area contributed by atoms with Gasteiger partial charge in [0.2, 0.25) is 11.8 Å². The molecule has 15 heteroatoms. The molecule has 0 aromatic heterocycles. The highest BCUT2D eigenvalue weighted by atomic mass is 33.1. The monoisotopic (exact) mass is 721 g/mol. The van der Waals surface area contributed by atoms with Crippen molar-refractivity contribution in [1.29, 1.82) is 0 Å². The van der Waals surface area contributed by atoms with Gasteiger partial charge < -0.3 is 54.3 Å². The van der Waals surface area contributed by atoms with Gasteiger partial charge >= 0.3 is 0 Å². The molecule has 0 aliphatic rings. The van der Waals surface area contributed by atoms with E-state index in [1.807, 2.05) is 12.3 Å². The number of anilines is 1. The van der Waals surface area contributed by atoms with Crippen molar-refractivity contribution < 1.29 is 47.5 Å². The summed E-state index contributed by atoms with van der Waals surface area (Å²) in [6, 6.07) is 6.22. The zero-order chi connectivity index (χ0) is 35.3. The predicted octanol–water partition coefficient (Wildman–Crippen LogP) is 3.20. The fourth-order valence-electron chi connectivity index (χ4n) is 3.91. The lowest BCUT2D eigenvalue weighted by Crippen LogP contribution is -2.31. The molecule has 0 aliphatic carbocycles. The molecule has 0 fully saturated rings. The Morgan fingerprint density at radius 1 is 0.708 bits per heavy atom. The SMILES string of the molecule is CSSC(C)c1cc(C(C)(C)C)ccc1NC(=O)COCCOCCNC(=O)COCCOCCOCCOCCOCCOCCN. The first-order chi connectivity index (χ1) is 23.2. The zero-order valence-electron chi connectivity index (χ0n) is 29.5. The molecular formula is C33H59N3O10S2. The molecule has 0 saturated heterocycles. The molecule has 2 amide bonds. The van der Waals surface area contributed by atoms with Crippen LogP contribution >= 0.6 is 21.6 Å². The van der Waals surface area contributed by atoms with Gasteiger partial charge in [-0.3, -0.25) is 9.59 Å². The van der Waals surface area contributed by atoms with Crippen LogP contribution in [0.4, 0.5) is 5.69 Å². The number of nitrogens with two attached hydrogens (primary N) is 1. The second kappa shape index (κ2) is 29.3. The summed E-state index contributed by atoms with van der Waals surface area (Å²) in [5.41, 5.74) is 8.47. The molecule has 0 bridgehead atoms. The third-order valence-electron chi connectivity index (χ3n) is 6.40. The first-order valence-electron chi connectivity index (χ1n) is 16.4. The van der Waals surface area contributed by atoms with Gasteiger partial charge in [0.25, 0.3) is 0 Å². The van der Waals surface area contributed by atoms with Gasteiger partial charge in [0.15, 0.2) is 0 Å². The molecule has 48 heavy (non-hydrogen) atoms. The molecule has 1 unspecified atom stereocenters. The zero-order valence-corrected chi connectivity index (χ0v) is 31.1. The first kappa shape index (κ1) is 44.5. The average molecular weight is 722 g/mol. The Bertz CT molecular complexity index is 972. The topological polar surface area (TPSA) is 158 Å². The summed E-state index contributed by atoms with van der Waals surface area (Å²) in [5.74, 6) is -0.451. The summed E-state index contributed by atoms with van der Waals surface area (Å²) in [6.45, 7) is 15.4. The van der Waals surface area contributed by atoms with Gasteiger partial charge in [-0.25, -0.2) is 0 Å². The van der Waals surface area contributed by atoms with Crippen molar-refractivity contribution in [2.45, 2.75) is 38.4 Å². The standard InChI is InChI=1S/C33H59N3O10S2/c1-27(48-47-5)29-24-28(33(2,3)4)6-7-30(29)36-32(38)26-46-22-20-40-11-9-35-31(37)25-45-23-21-44-19-18-43-17-16-42-15-14-41-13-12-39-10-8-34/h6-7,24,27H,8-23,25-26,34H2,1-5H3,(H,35,37)(H,36,38). The summed E-state index contributed by atoms with van der Waals surface area (Å²) in [6.07, 6.45) is 2.05. The van der Waals surface area contributed by atoms with Gasteiger partial charge in [0, 0.05) is 24.0 Å². The van der Waals surface area contributed by atoms with E-state index in [1.54, 1.807) is 21.6 Å². The van der Waals surface area contributed by atoms with Gasteiger partial charge in [-0.15, -0.1) is 0 Å². The first-order valence-corrected chi connectivity index (χ1v) is 19.0. The Kier molecular flexibility index (Phi) is 27.1. The van der Waals surface area contributed by atoms with Crippen molar-refractivity contribution in [1.82, 2.24) is 5.32 Å². The highest BCUT2D eigenvalue weighted by Gasteiger charge is 2.19. The van der Waals surface area contributed by atoms with Crippen molar-refractivity contribution in [3.63, 3.8) is 0 Å². The summed E-state index contributed by atoms with van der Waals surface area (Å²) in [4.78, 5) is 24.4. The third kappa shape index (κ3) is 23.8. The lowest BCUT2D eigenvalue weighted by atomic mass is 9.85. The molecule has 0 spiro atoms. The molecule has 1 aromatic rings. The largest absolute Gasteiger partial charge is 0.378 e. The molecule has 278 valence electrons. The van der Waals surface area contributed by atoms with E-state index < -0.39 is 0 Å². The van der Waals surface area contributed by atoms with Gasteiger partial charge in [0.05, 0.1) is 92.5 Å². The lowest BCUT2D eigenvalue weighted by Gasteiger charge is -2.23. The van der Waals surface area contributed by atoms with Crippen molar-refractivity contribution in [2.24, 2.45) is 5.73 Å². The van der Waals surface area contributed by atoms with Crippen LogP contribution in [0.2, 0.25) is 0 Å². The van der Waals surface area contributed by atoms with E-state index in [4.69, 9.17) is 43.6 Å². The maximum Gasteiger partial charge on any atom is 0.250 e. The summed E-state index contributed by atoms with van der Waals surface area (Å²) >= 11 is 0. The maximum atomic E-state index is 12.5. The van der Waals surface area contributed by atoms with Crippen molar-refractivity contribution in [3.8, 4) is 0 Å². The normalized spacial score (nSPS) is 12.3. The second-order valence-corrected chi connectivity index (χ2v) is 14.2. The van der Waals surface area contributed by atoms with E-state index in [9.17, 15) is 9.59 Å². The molecule has 0 radical (unpaired) electrons. The number of nitrogens with one attached hydrogen (secondary N) is 2. The van der Waals surface area contributed by atoms with E-state index in [0.717, 1.165) is 11.3 Å². The van der Waals surface area contributed by atoms with E-state index in [2.05, 4.69) is 50.5 Å². The van der Waals surface area contributed by atoms with Crippen LogP contribution in [0.15, 0.2) is 18.2 Å².